The van der Waals surface area contributed by atoms with Crippen molar-refractivity contribution >= 4 is 27.5 Å². The number of halogens is 1. The van der Waals surface area contributed by atoms with Crippen molar-refractivity contribution in [2.24, 2.45) is 0 Å². The zero-order chi connectivity index (χ0) is 19.3. The number of nitrogens with zero attached hydrogens (tertiary/aromatic N) is 1. The molecular weight excluding hydrogens is 372 g/mol. The van der Waals surface area contributed by atoms with E-state index in [2.05, 4.69) is 12.2 Å². The van der Waals surface area contributed by atoms with Gasteiger partial charge in [0.1, 0.15) is 0 Å². The molecule has 0 aliphatic carbocycles. The lowest BCUT2D eigenvalue weighted by Crippen LogP contribution is -2.29. The van der Waals surface area contributed by atoms with E-state index in [9.17, 15) is 13.2 Å². The molecule has 1 atom stereocenters. The van der Waals surface area contributed by atoms with Crippen LogP contribution < -0.4 is 5.32 Å². The second kappa shape index (κ2) is 8.66. The van der Waals surface area contributed by atoms with Crippen molar-refractivity contribution in [3.8, 4) is 0 Å². The number of amides is 1. The van der Waals surface area contributed by atoms with Crippen LogP contribution in [0, 0.1) is 0 Å². The molecule has 26 heavy (non-hydrogen) atoms. The van der Waals surface area contributed by atoms with Gasteiger partial charge in [-0.05, 0) is 30.2 Å². The summed E-state index contributed by atoms with van der Waals surface area (Å²) in [6.45, 7) is 2.50. The molecule has 2 aromatic carbocycles. The van der Waals surface area contributed by atoms with E-state index in [-0.39, 0.29) is 27.3 Å². The van der Waals surface area contributed by atoms with Crippen molar-refractivity contribution < 1.29 is 13.2 Å². The van der Waals surface area contributed by atoms with Gasteiger partial charge in [0.05, 0.1) is 15.5 Å². The SMILES string of the molecule is CCC(CNC(=O)c1cc(S(=O)(=O)N(C)C)ccc1Cl)c1ccccc1. The average molecular weight is 395 g/mol. The Labute approximate surface area is 160 Å². The van der Waals surface area contributed by atoms with Crippen LogP contribution in [-0.4, -0.2) is 39.3 Å². The molecular formula is C19H23ClN2O3S. The van der Waals surface area contributed by atoms with E-state index in [0.717, 1.165) is 16.3 Å². The highest BCUT2D eigenvalue weighted by Gasteiger charge is 2.21. The third kappa shape index (κ3) is 4.63. The van der Waals surface area contributed by atoms with Gasteiger partial charge in [-0.1, -0.05) is 48.9 Å². The maximum absolute atomic E-state index is 12.6. The van der Waals surface area contributed by atoms with E-state index < -0.39 is 10.0 Å². The van der Waals surface area contributed by atoms with Crippen molar-refractivity contribution in [3.05, 3.63) is 64.7 Å². The lowest BCUT2D eigenvalue weighted by Gasteiger charge is -2.17. The first kappa shape index (κ1) is 20.4. The molecule has 1 N–H and O–H groups in total. The normalized spacial score (nSPS) is 12.8. The fraction of sp³-hybridized carbons (Fsp3) is 0.316. The van der Waals surface area contributed by atoms with E-state index >= 15 is 0 Å². The largest absolute Gasteiger partial charge is 0.351 e. The van der Waals surface area contributed by atoms with Crippen LogP contribution >= 0.6 is 11.6 Å². The van der Waals surface area contributed by atoms with E-state index in [4.69, 9.17) is 11.6 Å². The average Bonchev–Trinajstić information content (AvgIpc) is 2.63. The van der Waals surface area contributed by atoms with Crippen LogP contribution in [0.4, 0.5) is 0 Å². The highest BCUT2D eigenvalue weighted by molar-refractivity contribution is 7.89. The molecule has 0 saturated carbocycles. The number of nitrogens with one attached hydrogen (secondary N) is 1. The number of sulfonamides is 1. The zero-order valence-electron chi connectivity index (χ0n) is 15.1. The molecule has 2 aromatic rings. The molecule has 0 heterocycles. The van der Waals surface area contributed by atoms with Crippen LogP contribution in [-0.2, 0) is 10.0 Å². The number of benzene rings is 2. The number of carbonyl (C=O) groups is 1. The summed E-state index contributed by atoms with van der Waals surface area (Å²) in [6, 6.07) is 14.1. The van der Waals surface area contributed by atoms with Crippen LogP contribution in [0.15, 0.2) is 53.4 Å². The predicted molar refractivity (Wildman–Crippen MR) is 104 cm³/mol. The van der Waals surface area contributed by atoms with Crippen molar-refractivity contribution in [1.29, 1.82) is 0 Å². The van der Waals surface area contributed by atoms with Crippen LogP contribution in [0.2, 0.25) is 5.02 Å². The van der Waals surface area contributed by atoms with Gasteiger partial charge in [0, 0.05) is 26.6 Å². The van der Waals surface area contributed by atoms with Gasteiger partial charge in [0.15, 0.2) is 0 Å². The highest BCUT2D eigenvalue weighted by Crippen LogP contribution is 2.23. The molecule has 0 radical (unpaired) electrons. The molecule has 2 rings (SSSR count). The van der Waals surface area contributed by atoms with Gasteiger partial charge >= 0.3 is 0 Å². The Morgan fingerprint density at radius 1 is 1.15 bits per heavy atom. The summed E-state index contributed by atoms with van der Waals surface area (Å²) in [6.07, 6.45) is 0.868. The molecule has 0 aromatic heterocycles. The first-order valence-electron chi connectivity index (χ1n) is 8.32. The fourth-order valence-corrected chi connectivity index (χ4v) is 3.72. The van der Waals surface area contributed by atoms with E-state index in [0.29, 0.717) is 6.54 Å². The first-order chi connectivity index (χ1) is 12.3. The Balaban J connectivity index is 2.19. The van der Waals surface area contributed by atoms with Crippen molar-refractivity contribution in [3.63, 3.8) is 0 Å². The standard InChI is InChI=1S/C19H23ClN2O3S/c1-4-14(15-8-6-5-7-9-15)13-21-19(23)17-12-16(10-11-18(17)20)26(24,25)22(2)3/h5-12,14H,4,13H2,1-3H3,(H,21,23). The molecule has 1 unspecified atom stereocenters. The summed E-state index contributed by atoms with van der Waals surface area (Å²) in [7, 11) is -0.754. The first-order valence-corrected chi connectivity index (χ1v) is 10.1. The smallest absolute Gasteiger partial charge is 0.252 e. The number of hydrogen-bond acceptors (Lipinski definition) is 3. The molecule has 7 heteroatoms. The summed E-state index contributed by atoms with van der Waals surface area (Å²) < 4.78 is 25.6. The molecule has 140 valence electrons. The van der Waals surface area contributed by atoms with Crippen molar-refractivity contribution in [2.75, 3.05) is 20.6 Å². The van der Waals surface area contributed by atoms with Gasteiger partial charge in [0.2, 0.25) is 10.0 Å². The van der Waals surface area contributed by atoms with E-state index in [1.54, 1.807) is 0 Å². The highest BCUT2D eigenvalue weighted by atomic mass is 35.5. The molecule has 0 saturated heterocycles. The number of carbonyl (C=O) groups excluding carboxylic acids is 1. The van der Waals surface area contributed by atoms with Crippen LogP contribution in [0.25, 0.3) is 0 Å². The Morgan fingerprint density at radius 2 is 1.81 bits per heavy atom. The third-order valence-corrected chi connectivity index (χ3v) is 6.37. The lowest BCUT2D eigenvalue weighted by atomic mass is 9.96. The van der Waals surface area contributed by atoms with Crippen LogP contribution in [0.5, 0.6) is 0 Å². The fourth-order valence-electron chi connectivity index (χ4n) is 2.58. The quantitative estimate of drug-likeness (QED) is 0.781. The summed E-state index contributed by atoms with van der Waals surface area (Å²) in [5, 5.41) is 3.08. The summed E-state index contributed by atoms with van der Waals surface area (Å²) in [4.78, 5) is 12.6. The summed E-state index contributed by atoms with van der Waals surface area (Å²) >= 11 is 6.12. The molecule has 0 aliphatic heterocycles. The van der Waals surface area contributed by atoms with E-state index in [1.165, 1.54) is 32.3 Å². The van der Waals surface area contributed by atoms with Crippen molar-refractivity contribution in [2.45, 2.75) is 24.2 Å². The van der Waals surface area contributed by atoms with Crippen LogP contribution in [0.3, 0.4) is 0 Å². The monoisotopic (exact) mass is 394 g/mol. The van der Waals surface area contributed by atoms with Gasteiger partial charge in [-0.3, -0.25) is 4.79 Å². The second-order valence-corrected chi connectivity index (χ2v) is 8.71. The van der Waals surface area contributed by atoms with Crippen molar-refractivity contribution in [1.82, 2.24) is 9.62 Å². The van der Waals surface area contributed by atoms with Gasteiger partial charge in [-0.15, -0.1) is 0 Å². The number of rotatable bonds is 7. The maximum Gasteiger partial charge on any atom is 0.252 e. The topological polar surface area (TPSA) is 66.5 Å². The predicted octanol–water partition coefficient (Wildman–Crippen LogP) is 3.51. The lowest BCUT2D eigenvalue weighted by molar-refractivity contribution is 0.0951. The molecule has 1 amide bonds. The minimum absolute atomic E-state index is 0.0344. The zero-order valence-corrected chi connectivity index (χ0v) is 16.6. The summed E-state index contributed by atoms with van der Waals surface area (Å²) in [5.74, 6) is -0.215. The van der Waals surface area contributed by atoms with E-state index in [1.807, 2.05) is 30.3 Å². The minimum Gasteiger partial charge on any atom is -0.351 e. The molecule has 0 aliphatic rings. The molecule has 0 fully saturated rings. The second-order valence-electron chi connectivity index (χ2n) is 6.15. The number of hydrogen-bond donors (Lipinski definition) is 1. The Kier molecular flexibility index (Phi) is 6.81. The van der Waals surface area contributed by atoms with Gasteiger partial charge < -0.3 is 5.32 Å². The summed E-state index contributed by atoms with van der Waals surface area (Å²) in [5.41, 5.74) is 1.29. The Morgan fingerprint density at radius 3 is 2.38 bits per heavy atom. The molecule has 0 bridgehead atoms. The maximum atomic E-state index is 12.6. The molecule has 0 spiro atoms. The van der Waals surface area contributed by atoms with Gasteiger partial charge in [-0.25, -0.2) is 12.7 Å². The Bertz CT molecular complexity index is 868. The van der Waals surface area contributed by atoms with Gasteiger partial charge in [0.25, 0.3) is 5.91 Å². The van der Waals surface area contributed by atoms with Crippen LogP contribution in [0.1, 0.15) is 35.2 Å². The van der Waals surface area contributed by atoms with Gasteiger partial charge in [-0.2, -0.15) is 0 Å². The Hall–Kier alpha value is -1.89. The molecule has 5 nitrogen and oxygen atoms in total. The third-order valence-electron chi connectivity index (χ3n) is 4.23. The minimum atomic E-state index is -3.63.